The molecule has 0 aliphatic carbocycles. The maximum atomic E-state index is 13.2. The molecule has 0 heterocycles. The molecule has 0 spiro atoms. The van der Waals surface area contributed by atoms with Crippen LogP contribution in [0, 0.1) is 0 Å². The fraction of sp³-hybridized carbons (Fsp3) is 0.0952. The van der Waals surface area contributed by atoms with E-state index < -0.39 is 39.9 Å². The summed E-state index contributed by atoms with van der Waals surface area (Å²) in [7, 11) is -4.17. The normalized spacial score (nSPS) is 11.7. The average Bonchev–Trinajstić information content (AvgIpc) is 2.72. The zero-order valence-electron chi connectivity index (χ0n) is 15.8. The second kappa shape index (κ2) is 9.11. The number of alkyl halides is 3. The Morgan fingerprint density at radius 3 is 2.23 bits per heavy atom. The largest absolute Gasteiger partial charge is 0.418 e. The number of anilines is 2. The Hall–Kier alpha value is -2.85. The van der Waals surface area contributed by atoms with Crippen LogP contribution in [-0.4, -0.2) is 20.9 Å². The highest BCUT2D eigenvalue weighted by Crippen LogP contribution is 2.34. The van der Waals surface area contributed by atoms with Gasteiger partial charge >= 0.3 is 6.18 Å². The van der Waals surface area contributed by atoms with Gasteiger partial charge in [-0.05, 0) is 42.5 Å². The summed E-state index contributed by atoms with van der Waals surface area (Å²) >= 11 is 3.26. The summed E-state index contributed by atoms with van der Waals surface area (Å²) in [6, 6.07) is 18.2. The second-order valence-electron chi connectivity index (χ2n) is 6.40. The van der Waals surface area contributed by atoms with Crippen molar-refractivity contribution >= 4 is 43.2 Å². The zero-order chi connectivity index (χ0) is 22.6. The molecule has 0 atom stereocenters. The van der Waals surface area contributed by atoms with Crippen LogP contribution in [0.1, 0.15) is 5.56 Å². The van der Waals surface area contributed by atoms with Crippen molar-refractivity contribution in [3.8, 4) is 0 Å². The first-order valence-electron chi connectivity index (χ1n) is 8.88. The van der Waals surface area contributed by atoms with E-state index in [0.29, 0.717) is 4.47 Å². The number of hydrogen-bond donors (Lipinski definition) is 1. The fourth-order valence-corrected chi connectivity index (χ4v) is 4.65. The van der Waals surface area contributed by atoms with Gasteiger partial charge in [-0.1, -0.05) is 52.3 Å². The predicted octanol–water partition coefficient (Wildman–Crippen LogP) is 5.30. The van der Waals surface area contributed by atoms with Crippen LogP contribution in [0.25, 0.3) is 0 Å². The molecule has 0 unspecified atom stereocenters. The maximum absolute atomic E-state index is 13.2. The summed E-state index contributed by atoms with van der Waals surface area (Å²) in [5.74, 6) is -0.920. The Balaban J connectivity index is 1.96. The van der Waals surface area contributed by atoms with Crippen molar-refractivity contribution in [3.63, 3.8) is 0 Å². The molecule has 1 N–H and O–H groups in total. The van der Waals surface area contributed by atoms with Crippen LogP contribution in [0.4, 0.5) is 24.5 Å². The first-order chi connectivity index (χ1) is 14.6. The summed E-state index contributed by atoms with van der Waals surface area (Å²) in [5.41, 5.74) is -1.30. The fourth-order valence-electron chi connectivity index (χ4n) is 2.83. The molecule has 31 heavy (non-hydrogen) atoms. The van der Waals surface area contributed by atoms with Crippen LogP contribution in [0.2, 0.25) is 0 Å². The van der Waals surface area contributed by atoms with Crippen LogP contribution in [0.5, 0.6) is 0 Å². The molecule has 0 saturated carbocycles. The minimum absolute atomic E-state index is 0.0570. The SMILES string of the molecule is O=C(CN(c1cccc(Br)c1)S(=O)(=O)c1ccccc1)Nc1ccccc1C(F)(F)F. The molecule has 162 valence electrons. The number of sulfonamides is 1. The highest BCUT2D eigenvalue weighted by Gasteiger charge is 2.34. The van der Waals surface area contributed by atoms with Crippen molar-refractivity contribution in [2.75, 3.05) is 16.2 Å². The topological polar surface area (TPSA) is 66.5 Å². The molecule has 0 saturated heterocycles. The first kappa shape index (κ1) is 22.8. The lowest BCUT2D eigenvalue weighted by molar-refractivity contribution is -0.137. The number of nitrogens with one attached hydrogen (secondary N) is 1. The minimum atomic E-state index is -4.68. The Labute approximate surface area is 185 Å². The summed E-state index contributed by atoms with van der Waals surface area (Å²) in [5, 5.41) is 2.18. The number of carbonyl (C=O) groups is 1. The monoisotopic (exact) mass is 512 g/mol. The second-order valence-corrected chi connectivity index (χ2v) is 9.17. The molecule has 0 aliphatic rings. The third-order valence-electron chi connectivity index (χ3n) is 4.22. The van der Waals surface area contributed by atoms with Gasteiger partial charge in [0.1, 0.15) is 6.54 Å². The molecular formula is C21H16BrF3N2O3S. The molecule has 3 aromatic carbocycles. The van der Waals surface area contributed by atoms with Crippen molar-refractivity contribution in [2.45, 2.75) is 11.1 Å². The Bertz CT molecular complexity index is 1190. The van der Waals surface area contributed by atoms with Gasteiger partial charge in [-0.3, -0.25) is 9.10 Å². The van der Waals surface area contributed by atoms with Gasteiger partial charge in [-0.2, -0.15) is 13.2 Å². The van der Waals surface area contributed by atoms with Gasteiger partial charge < -0.3 is 5.32 Å². The highest BCUT2D eigenvalue weighted by molar-refractivity contribution is 9.10. The van der Waals surface area contributed by atoms with E-state index in [9.17, 15) is 26.4 Å². The average molecular weight is 513 g/mol. The van der Waals surface area contributed by atoms with Gasteiger partial charge in [0, 0.05) is 4.47 Å². The van der Waals surface area contributed by atoms with Crippen LogP contribution < -0.4 is 9.62 Å². The summed E-state index contributed by atoms with van der Waals surface area (Å²) < 4.78 is 67.5. The third kappa shape index (κ3) is 5.45. The van der Waals surface area contributed by atoms with Gasteiger partial charge in [0.05, 0.1) is 21.8 Å². The van der Waals surface area contributed by atoms with E-state index in [-0.39, 0.29) is 10.6 Å². The Kier molecular flexibility index (Phi) is 6.71. The van der Waals surface area contributed by atoms with Gasteiger partial charge in [0.25, 0.3) is 10.0 Å². The molecule has 1 amide bonds. The first-order valence-corrected chi connectivity index (χ1v) is 11.1. The smallest absolute Gasteiger partial charge is 0.324 e. The Morgan fingerprint density at radius 1 is 0.935 bits per heavy atom. The highest BCUT2D eigenvalue weighted by atomic mass is 79.9. The lowest BCUT2D eigenvalue weighted by Crippen LogP contribution is -2.38. The lowest BCUT2D eigenvalue weighted by atomic mass is 10.1. The molecule has 3 aromatic rings. The summed E-state index contributed by atoms with van der Waals surface area (Å²) in [6.45, 7) is -0.722. The molecule has 0 aromatic heterocycles. The molecule has 10 heteroatoms. The molecule has 0 fully saturated rings. The Morgan fingerprint density at radius 2 is 1.58 bits per heavy atom. The van der Waals surface area contributed by atoms with Crippen molar-refractivity contribution in [1.82, 2.24) is 0 Å². The molecular weight excluding hydrogens is 497 g/mol. The van der Waals surface area contributed by atoms with E-state index >= 15 is 0 Å². The molecule has 5 nitrogen and oxygen atoms in total. The number of carbonyl (C=O) groups excluding carboxylic acids is 1. The standard InChI is InChI=1S/C21H16BrF3N2O3S/c22-15-7-6-8-16(13-15)27(31(29,30)17-9-2-1-3-10-17)14-20(28)26-19-12-5-4-11-18(19)21(23,24)25/h1-13H,14H2,(H,26,28). The van der Waals surface area contributed by atoms with Crippen LogP contribution in [-0.2, 0) is 21.0 Å². The number of hydrogen-bond acceptors (Lipinski definition) is 3. The van der Waals surface area contributed by atoms with E-state index in [4.69, 9.17) is 0 Å². The van der Waals surface area contributed by atoms with Gasteiger partial charge in [-0.25, -0.2) is 8.42 Å². The summed E-state index contributed by atoms with van der Waals surface area (Å²) in [6.07, 6.45) is -4.68. The van der Waals surface area contributed by atoms with E-state index in [1.165, 1.54) is 48.5 Å². The number of halogens is 4. The summed E-state index contributed by atoms with van der Waals surface area (Å²) in [4.78, 5) is 12.6. The molecule has 0 aliphatic heterocycles. The van der Waals surface area contributed by atoms with Crippen molar-refractivity contribution < 1.29 is 26.4 Å². The van der Waals surface area contributed by atoms with Crippen LogP contribution in [0.15, 0.2) is 88.2 Å². The minimum Gasteiger partial charge on any atom is -0.324 e. The van der Waals surface area contributed by atoms with Crippen molar-refractivity contribution in [2.24, 2.45) is 0 Å². The van der Waals surface area contributed by atoms with E-state index in [1.807, 2.05) is 0 Å². The lowest BCUT2D eigenvalue weighted by Gasteiger charge is -2.24. The quantitative estimate of drug-likeness (QED) is 0.487. The van der Waals surface area contributed by atoms with E-state index in [0.717, 1.165) is 16.4 Å². The van der Waals surface area contributed by atoms with Gasteiger partial charge in [0.2, 0.25) is 5.91 Å². The predicted molar refractivity (Wildman–Crippen MR) is 115 cm³/mol. The van der Waals surface area contributed by atoms with E-state index in [1.54, 1.807) is 18.2 Å². The van der Waals surface area contributed by atoms with Gasteiger partial charge in [0.15, 0.2) is 0 Å². The molecule has 0 radical (unpaired) electrons. The molecule has 3 rings (SSSR count). The zero-order valence-corrected chi connectivity index (χ0v) is 18.2. The number of nitrogens with zero attached hydrogens (tertiary/aromatic N) is 1. The van der Waals surface area contributed by atoms with Crippen molar-refractivity contribution in [3.05, 3.63) is 88.9 Å². The van der Waals surface area contributed by atoms with Crippen LogP contribution >= 0.6 is 15.9 Å². The third-order valence-corrected chi connectivity index (χ3v) is 6.50. The van der Waals surface area contributed by atoms with Crippen molar-refractivity contribution in [1.29, 1.82) is 0 Å². The van der Waals surface area contributed by atoms with Gasteiger partial charge in [-0.15, -0.1) is 0 Å². The van der Waals surface area contributed by atoms with E-state index in [2.05, 4.69) is 21.2 Å². The van der Waals surface area contributed by atoms with Crippen LogP contribution in [0.3, 0.4) is 0 Å². The maximum Gasteiger partial charge on any atom is 0.418 e. The number of benzene rings is 3. The molecule has 0 bridgehead atoms. The number of rotatable bonds is 6. The number of para-hydroxylation sites is 1. The number of amides is 1.